The molecule has 14 heavy (non-hydrogen) atoms. The molecule has 0 bridgehead atoms. The Morgan fingerprint density at radius 2 is 2.07 bits per heavy atom. The lowest BCUT2D eigenvalue weighted by Gasteiger charge is -2.51. The third-order valence-corrected chi connectivity index (χ3v) is 3.24. The summed E-state index contributed by atoms with van der Waals surface area (Å²) in [6.07, 6.45) is 4.18. The fourth-order valence-electron chi connectivity index (χ4n) is 1.94. The second-order valence-electron chi connectivity index (χ2n) is 4.48. The molecule has 2 heteroatoms. The van der Waals surface area contributed by atoms with E-state index < -0.39 is 0 Å². The zero-order chi connectivity index (χ0) is 10.8. The lowest BCUT2D eigenvalue weighted by atomic mass is 9.73. The summed E-state index contributed by atoms with van der Waals surface area (Å²) in [4.78, 5) is 2.47. The Balaban J connectivity index is 2.66. The standard InChI is InChI=1S/C12H22N2/c1-6-12(11(4)7-13-5)8-14(9-12)10(2)3/h6-7,10,13H,1,8-9H2,2-5H3/b11-7-. The summed E-state index contributed by atoms with van der Waals surface area (Å²) < 4.78 is 0. The molecule has 0 atom stereocenters. The molecule has 1 heterocycles. The van der Waals surface area contributed by atoms with Gasteiger partial charge in [0.1, 0.15) is 0 Å². The minimum Gasteiger partial charge on any atom is -0.394 e. The minimum atomic E-state index is 0.216. The van der Waals surface area contributed by atoms with Gasteiger partial charge in [0.2, 0.25) is 0 Å². The van der Waals surface area contributed by atoms with Gasteiger partial charge in [0.05, 0.1) is 0 Å². The molecule has 80 valence electrons. The van der Waals surface area contributed by atoms with E-state index in [0.29, 0.717) is 6.04 Å². The van der Waals surface area contributed by atoms with Crippen molar-refractivity contribution in [3.8, 4) is 0 Å². The van der Waals surface area contributed by atoms with E-state index in [2.05, 4.69) is 49.8 Å². The van der Waals surface area contributed by atoms with Crippen LogP contribution < -0.4 is 5.32 Å². The molecule has 1 fully saturated rings. The number of hydrogen-bond donors (Lipinski definition) is 1. The van der Waals surface area contributed by atoms with Gasteiger partial charge in [-0.05, 0) is 32.5 Å². The summed E-state index contributed by atoms with van der Waals surface area (Å²) in [7, 11) is 1.94. The zero-order valence-corrected chi connectivity index (χ0v) is 9.80. The molecular formula is C12H22N2. The first kappa shape index (κ1) is 11.3. The molecular weight excluding hydrogens is 172 g/mol. The highest BCUT2D eigenvalue weighted by molar-refractivity contribution is 5.25. The van der Waals surface area contributed by atoms with Gasteiger partial charge < -0.3 is 5.32 Å². The Labute approximate surface area is 87.7 Å². The van der Waals surface area contributed by atoms with E-state index in [9.17, 15) is 0 Å². The van der Waals surface area contributed by atoms with Gasteiger partial charge in [0.25, 0.3) is 0 Å². The lowest BCUT2D eigenvalue weighted by Crippen LogP contribution is -2.58. The van der Waals surface area contributed by atoms with Crippen LogP contribution in [0.15, 0.2) is 24.4 Å². The van der Waals surface area contributed by atoms with E-state index in [1.165, 1.54) is 5.57 Å². The fraction of sp³-hybridized carbons (Fsp3) is 0.667. The van der Waals surface area contributed by atoms with Crippen molar-refractivity contribution in [1.82, 2.24) is 10.2 Å². The van der Waals surface area contributed by atoms with Gasteiger partial charge in [-0.25, -0.2) is 0 Å². The third kappa shape index (κ3) is 1.85. The lowest BCUT2D eigenvalue weighted by molar-refractivity contribution is 0.0384. The summed E-state index contributed by atoms with van der Waals surface area (Å²) in [6.45, 7) is 12.8. The van der Waals surface area contributed by atoms with E-state index >= 15 is 0 Å². The van der Waals surface area contributed by atoms with E-state index in [1.54, 1.807) is 0 Å². The molecule has 0 amide bonds. The predicted octanol–water partition coefficient (Wildman–Crippen LogP) is 2.01. The normalized spacial score (nSPS) is 21.9. The fourth-order valence-corrected chi connectivity index (χ4v) is 1.94. The van der Waals surface area contributed by atoms with Crippen LogP contribution in [0, 0.1) is 5.41 Å². The first-order valence-corrected chi connectivity index (χ1v) is 5.28. The van der Waals surface area contributed by atoms with Gasteiger partial charge in [-0.3, -0.25) is 4.90 Å². The van der Waals surface area contributed by atoms with Gasteiger partial charge >= 0.3 is 0 Å². The Hall–Kier alpha value is -0.760. The van der Waals surface area contributed by atoms with Crippen LogP contribution in [0.4, 0.5) is 0 Å². The molecule has 2 nitrogen and oxygen atoms in total. The molecule has 0 radical (unpaired) electrons. The van der Waals surface area contributed by atoms with Crippen LogP contribution in [0.1, 0.15) is 20.8 Å². The highest BCUT2D eigenvalue weighted by Crippen LogP contribution is 2.39. The average Bonchev–Trinajstić information content (AvgIpc) is 2.03. The summed E-state index contributed by atoms with van der Waals surface area (Å²) in [5.74, 6) is 0. The van der Waals surface area contributed by atoms with Gasteiger partial charge in [0.15, 0.2) is 0 Å². The summed E-state index contributed by atoms with van der Waals surface area (Å²) in [5.41, 5.74) is 1.60. The van der Waals surface area contributed by atoms with Crippen molar-refractivity contribution in [2.75, 3.05) is 20.1 Å². The smallest absolute Gasteiger partial charge is 0.0357 e. The molecule has 0 spiro atoms. The van der Waals surface area contributed by atoms with Gasteiger partial charge in [-0.2, -0.15) is 0 Å². The van der Waals surface area contributed by atoms with Crippen molar-refractivity contribution >= 4 is 0 Å². The quantitative estimate of drug-likeness (QED) is 0.689. The SMILES string of the molecule is C=CC1(/C(C)=C\NC)CN(C(C)C)C1. The van der Waals surface area contributed by atoms with Gasteiger partial charge in [-0.1, -0.05) is 6.08 Å². The molecule has 1 aliphatic rings. The molecule has 0 aromatic carbocycles. The van der Waals surface area contributed by atoms with Crippen LogP contribution >= 0.6 is 0 Å². The predicted molar refractivity (Wildman–Crippen MR) is 62.2 cm³/mol. The van der Waals surface area contributed by atoms with E-state index in [0.717, 1.165) is 13.1 Å². The Morgan fingerprint density at radius 3 is 2.43 bits per heavy atom. The highest BCUT2D eigenvalue weighted by Gasteiger charge is 2.42. The minimum absolute atomic E-state index is 0.216. The molecule has 0 aromatic heterocycles. The molecule has 1 saturated heterocycles. The van der Waals surface area contributed by atoms with Crippen molar-refractivity contribution in [2.45, 2.75) is 26.8 Å². The largest absolute Gasteiger partial charge is 0.394 e. The number of hydrogen-bond acceptors (Lipinski definition) is 2. The van der Waals surface area contributed by atoms with Gasteiger partial charge in [-0.15, -0.1) is 6.58 Å². The van der Waals surface area contributed by atoms with Crippen molar-refractivity contribution in [3.63, 3.8) is 0 Å². The summed E-state index contributed by atoms with van der Waals surface area (Å²) >= 11 is 0. The maximum Gasteiger partial charge on any atom is 0.0357 e. The maximum absolute atomic E-state index is 3.96. The topological polar surface area (TPSA) is 15.3 Å². The van der Waals surface area contributed by atoms with E-state index in [1.807, 2.05) is 7.05 Å². The van der Waals surface area contributed by atoms with Crippen LogP contribution in [0.5, 0.6) is 0 Å². The first-order valence-electron chi connectivity index (χ1n) is 5.28. The Bertz CT molecular complexity index is 235. The third-order valence-electron chi connectivity index (χ3n) is 3.24. The first-order chi connectivity index (χ1) is 6.55. The van der Waals surface area contributed by atoms with Crippen LogP contribution in [-0.4, -0.2) is 31.1 Å². The van der Waals surface area contributed by atoms with Crippen molar-refractivity contribution in [2.24, 2.45) is 5.41 Å². The molecule has 0 saturated carbocycles. The van der Waals surface area contributed by atoms with Crippen LogP contribution in [0.3, 0.4) is 0 Å². The highest BCUT2D eigenvalue weighted by atomic mass is 15.2. The second kappa shape index (κ2) is 4.18. The van der Waals surface area contributed by atoms with Crippen LogP contribution in [0.25, 0.3) is 0 Å². The molecule has 1 rings (SSSR count). The van der Waals surface area contributed by atoms with Crippen molar-refractivity contribution < 1.29 is 0 Å². The number of rotatable bonds is 4. The van der Waals surface area contributed by atoms with E-state index in [4.69, 9.17) is 0 Å². The Morgan fingerprint density at radius 1 is 1.50 bits per heavy atom. The van der Waals surface area contributed by atoms with E-state index in [-0.39, 0.29) is 5.41 Å². The maximum atomic E-state index is 3.96. The van der Waals surface area contributed by atoms with Gasteiger partial charge in [0, 0.05) is 31.6 Å². The number of nitrogens with zero attached hydrogens (tertiary/aromatic N) is 1. The molecule has 1 aliphatic heterocycles. The van der Waals surface area contributed by atoms with Crippen LogP contribution in [-0.2, 0) is 0 Å². The zero-order valence-electron chi connectivity index (χ0n) is 9.80. The average molecular weight is 194 g/mol. The van der Waals surface area contributed by atoms with Crippen LogP contribution in [0.2, 0.25) is 0 Å². The molecule has 0 unspecified atom stereocenters. The summed E-state index contributed by atoms with van der Waals surface area (Å²) in [5, 5.41) is 3.09. The molecule has 0 aliphatic carbocycles. The second-order valence-corrected chi connectivity index (χ2v) is 4.48. The summed E-state index contributed by atoms with van der Waals surface area (Å²) in [6, 6.07) is 0.644. The number of nitrogens with one attached hydrogen (secondary N) is 1. The molecule has 0 aromatic rings. The monoisotopic (exact) mass is 194 g/mol. The van der Waals surface area contributed by atoms with Crippen molar-refractivity contribution in [1.29, 1.82) is 0 Å². The van der Waals surface area contributed by atoms with Crippen molar-refractivity contribution in [3.05, 3.63) is 24.4 Å². The molecule has 1 N–H and O–H groups in total. The Kier molecular flexibility index (Phi) is 3.38. The number of likely N-dealkylation sites (tertiary alicyclic amines) is 1.